The standard InChI is InChI=1S/C16H12N4O3/c17-15-11(16-18-12-3-1-2-4-13(12)19-16)8-9-7-10(20(21)22)5-6-14(9)23-15/h1-7,11,17H,8H2,(H,18,19). The second kappa shape index (κ2) is 4.91. The molecular weight excluding hydrogens is 296 g/mol. The number of imidazole rings is 1. The van der Waals surface area contributed by atoms with Crippen molar-refractivity contribution in [2.45, 2.75) is 12.3 Å². The van der Waals surface area contributed by atoms with Crippen LogP contribution < -0.4 is 4.74 Å². The van der Waals surface area contributed by atoms with E-state index >= 15 is 0 Å². The van der Waals surface area contributed by atoms with E-state index in [1.807, 2.05) is 24.3 Å². The summed E-state index contributed by atoms with van der Waals surface area (Å²) >= 11 is 0. The third-order valence-electron chi connectivity index (χ3n) is 3.95. The summed E-state index contributed by atoms with van der Waals surface area (Å²) in [5.74, 6) is 0.837. The Morgan fingerprint density at radius 3 is 2.91 bits per heavy atom. The number of H-pyrrole nitrogens is 1. The lowest BCUT2D eigenvalue weighted by atomic mass is 9.95. The average Bonchev–Trinajstić information content (AvgIpc) is 2.97. The Labute approximate surface area is 130 Å². The highest BCUT2D eigenvalue weighted by molar-refractivity contribution is 5.86. The first kappa shape index (κ1) is 13.4. The van der Waals surface area contributed by atoms with E-state index in [-0.39, 0.29) is 17.5 Å². The SMILES string of the molecule is N=C1Oc2ccc([N+](=O)[O-])cc2CC1c1nc2ccccc2[nH]1. The molecule has 0 saturated carbocycles. The number of nitrogens with zero attached hydrogens (tertiary/aromatic N) is 2. The van der Waals surface area contributed by atoms with Crippen LogP contribution in [0.25, 0.3) is 11.0 Å². The molecular formula is C16H12N4O3. The van der Waals surface area contributed by atoms with Gasteiger partial charge in [0.1, 0.15) is 11.6 Å². The molecule has 3 aromatic rings. The fourth-order valence-electron chi connectivity index (χ4n) is 2.80. The first-order valence-electron chi connectivity index (χ1n) is 7.10. The van der Waals surface area contributed by atoms with Gasteiger partial charge in [-0.2, -0.15) is 0 Å². The monoisotopic (exact) mass is 308 g/mol. The van der Waals surface area contributed by atoms with Gasteiger partial charge in [-0.3, -0.25) is 15.5 Å². The van der Waals surface area contributed by atoms with E-state index in [9.17, 15) is 10.1 Å². The molecule has 1 aliphatic heterocycles. The molecule has 7 nitrogen and oxygen atoms in total. The zero-order valence-corrected chi connectivity index (χ0v) is 11.9. The number of nitro benzene ring substituents is 1. The summed E-state index contributed by atoms with van der Waals surface area (Å²) in [6, 6.07) is 12.0. The molecule has 1 aliphatic rings. The number of fused-ring (bicyclic) bond motifs is 2. The van der Waals surface area contributed by atoms with Gasteiger partial charge in [0.05, 0.1) is 21.9 Å². The minimum Gasteiger partial charge on any atom is -0.442 e. The fraction of sp³-hybridized carbons (Fsp3) is 0.125. The van der Waals surface area contributed by atoms with Crippen LogP contribution in [-0.4, -0.2) is 20.8 Å². The number of aromatic amines is 1. The first-order valence-corrected chi connectivity index (χ1v) is 7.10. The first-order chi connectivity index (χ1) is 11.1. The summed E-state index contributed by atoms with van der Waals surface area (Å²) in [7, 11) is 0. The van der Waals surface area contributed by atoms with Gasteiger partial charge < -0.3 is 9.72 Å². The number of nitro groups is 1. The van der Waals surface area contributed by atoms with Crippen LogP contribution in [0.4, 0.5) is 5.69 Å². The molecule has 7 heteroatoms. The van der Waals surface area contributed by atoms with E-state index in [0.717, 1.165) is 11.0 Å². The maximum atomic E-state index is 10.9. The van der Waals surface area contributed by atoms with Crippen LogP contribution in [0.5, 0.6) is 5.75 Å². The Morgan fingerprint density at radius 2 is 2.13 bits per heavy atom. The lowest BCUT2D eigenvalue weighted by molar-refractivity contribution is -0.384. The third-order valence-corrected chi connectivity index (χ3v) is 3.95. The molecule has 4 rings (SSSR count). The van der Waals surface area contributed by atoms with Crippen molar-refractivity contribution >= 4 is 22.6 Å². The van der Waals surface area contributed by atoms with Crippen molar-refractivity contribution in [3.63, 3.8) is 0 Å². The van der Waals surface area contributed by atoms with E-state index < -0.39 is 4.92 Å². The number of para-hydroxylation sites is 2. The van der Waals surface area contributed by atoms with Gasteiger partial charge in [0.2, 0.25) is 0 Å². The van der Waals surface area contributed by atoms with Crippen LogP contribution in [0.1, 0.15) is 17.3 Å². The topological polar surface area (TPSA) is 105 Å². The minimum absolute atomic E-state index is 0.0177. The van der Waals surface area contributed by atoms with Gasteiger partial charge in [0.15, 0.2) is 5.90 Å². The van der Waals surface area contributed by atoms with Gasteiger partial charge in [-0.1, -0.05) is 12.1 Å². The molecule has 1 unspecified atom stereocenters. The summed E-state index contributed by atoms with van der Waals surface area (Å²) in [5, 5.41) is 19.0. The van der Waals surface area contributed by atoms with Crippen LogP contribution in [0, 0.1) is 15.5 Å². The van der Waals surface area contributed by atoms with E-state index in [1.165, 1.54) is 18.2 Å². The van der Waals surface area contributed by atoms with Gasteiger partial charge in [-0.05, 0) is 24.6 Å². The van der Waals surface area contributed by atoms with Crippen molar-refractivity contribution in [2.24, 2.45) is 0 Å². The summed E-state index contributed by atoms with van der Waals surface area (Å²) < 4.78 is 5.53. The minimum atomic E-state index is -0.434. The molecule has 2 heterocycles. The predicted octanol–water partition coefficient (Wildman–Crippen LogP) is 3.17. The summed E-state index contributed by atoms with van der Waals surface area (Å²) in [4.78, 5) is 18.2. The number of nitrogens with one attached hydrogen (secondary N) is 2. The molecule has 0 fully saturated rings. The maximum absolute atomic E-state index is 10.9. The highest BCUT2D eigenvalue weighted by Crippen LogP contribution is 2.35. The van der Waals surface area contributed by atoms with Gasteiger partial charge in [-0.25, -0.2) is 4.98 Å². The Hall–Kier alpha value is -3.22. The second-order valence-electron chi connectivity index (χ2n) is 5.41. The predicted molar refractivity (Wildman–Crippen MR) is 84.0 cm³/mol. The Kier molecular flexibility index (Phi) is 2.87. The van der Waals surface area contributed by atoms with Crippen LogP contribution in [0.15, 0.2) is 42.5 Å². The van der Waals surface area contributed by atoms with E-state index in [2.05, 4.69) is 9.97 Å². The molecule has 23 heavy (non-hydrogen) atoms. The highest BCUT2D eigenvalue weighted by Gasteiger charge is 2.30. The number of non-ortho nitro benzene ring substituents is 1. The molecule has 0 spiro atoms. The van der Waals surface area contributed by atoms with E-state index in [0.29, 0.717) is 23.6 Å². The number of aromatic nitrogens is 2. The zero-order chi connectivity index (χ0) is 16.0. The molecule has 2 N–H and O–H groups in total. The van der Waals surface area contributed by atoms with Gasteiger partial charge in [0, 0.05) is 17.7 Å². The zero-order valence-electron chi connectivity index (χ0n) is 11.9. The van der Waals surface area contributed by atoms with Gasteiger partial charge in [-0.15, -0.1) is 0 Å². The number of hydrogen-bond acceptors (Lipinski definition) is 5. The van der Waals surface area contributed by atoms with E-state index in [1.54, 1.807) is 0 Å². The molecule has 0 saturated heterocycles. The molecule has 114 valence electrons. The lowest BCUT2D eigenvalue weighted by Gasteiger charge is -2.23. The van der Waals surface area contributed by atoms with E-state index in [4.69, 9.17) is 10.1 Å². The largest absolute Gasteiger partial charge is 0.442 e. The molecule has 0 bridgehead atoms. The normalized spacial score (nSPS) is 16.9. The Bertz CT molecular complexity index is 914. The van der Waals surface area contributed by atoms with Gasteiger partial charge in [0.25, 0.3) is 5.69 Å². The van der Waals surface area contributed by atoms with Crippen molar-refractivity contribution in [1.29, 1.82) is 5.41 Å². The number of hydrogen-bond donors (Lipinski definition) is 2. The van der Waals surface area contributed by atoms with Crippen molar-refractivity contribution in [2.75, 3.05) is 0 Å². The van der Waals surface area contributed by atoms with Crippen molar-refractivity contribution in [3.05, 3.63) is 64.0 Å². The smallest absolute Gasteiger partial charge is 0.269 e. The molecule has 0 amide bonds. The molecule has 0 aliphatic carbocycles. The Balaban J connectivity index is 1.74. The highest BCUT2D eigenvalue weighted by atomic mass is 16.6. The van der Waals surface area contributed by atoms with Gasteiger partial charge >= 0.3 is 0 Å². The van der Waals surface area contributed by atoms with Crippen LogP contribution in [0.2, 0.25) is 0 Å². The summed E-state index contributed by atoms with van der Waals surface area (Å²) in [6.07, 6.45) is 0.440. The van der Waals surface area contributed by atoms with Crippen LogP contribution in [-0.2, 0) is 6.42 Å². The van der Waals surface area contributed by atoms with Crippen LogP contribution >= 0.6 is 0 Å². The molecule has 1 aromatic heterocycles. The van der Waals surface area contributed by atoms with Crippen molar-refractivity contribution in [3.8, 4) is 5.75 Å². The summed E-state index contributed by atoms with van der Waals surface area (Å²) in [5.41, 5.74) is 2.44. The molecule has 0 radical (unpaired) electrons. The Morgan fingerprint density at radius 1 is 1.30 bits per heavy atom. The second-order valence-corrected chi connectivity index (χ2v) is 5.41. The fourth-order valence-corrected chi connectivity index (χ4v) is 2.80. The van der Waals surface area contributed by atoms with Crippen molar-refractivity contribution < 1.29 is 9.66 Å². The molecule has 1 atom stereocenters. The van der Waals surface area contributed by atoms with Crippen molar-refractivity contribution in [1.82, 2.24) is 9.97 Å². The average molecular weight is 308 g/mol. The number of rotatable bonds is 2. The maximum Gasteiger partial charge on any atom is 0.269 e. The summed E-state index contributed by atoms with van der Waals surface area (Å²) in [6.45, 7) is 0. The number of ether oxygens (including phenoxy) is 1. The lowest BCUT2D eigenvalue weighted by Crippen LogP contribution is -2.26. The quantitative estimate of drug-likeness (QED) is 0.560. The number of benzene rings is 2. The third kappa shape index (κ3) is 2.22. The molecule has 2 aromatic carbocycles. The van der Waals surface area contributed by atoms with Crippen LogP contribution in [0.3, 0.4) is 0 Å².